The second kappa shape index (κ2) is 20.0. The Balaban J connectivity index is 1.14. The second-order valence-electron chi connectivity index (χ2n) is 23.2. The number of benzene rings is 10. The van der Waals surface area contributed by atoms with E-state index in [1.54, 1.807) is 85.1 Å². The van der Waals surface area contributed by atoms with Crippen LogP contribution in [0.25, 0.3) is 117 Å². The largest absolute Gasteiger partial charge is 0.458 e. The van der Waals surface area contributed by atoms with Gasteiger partial charge in [0, 0.05) is 61.4 Å². The minimum atomic E-state index is -4.68. The van der Waals surface area contributed by atoms with E-state index in [1.807, 2.05) is 53.1 Å². The number of fused-ring (bicyclic) bond motifs is 11. The SMILES string of the molecule is [2H]c1c([2H])c2c(c([2H])c1-c1cc3c4c(c1)n(-c1cccc(Oc5ccc6c7ccccc7n(-c7cc(C(C)(C)C)ccn7)c6c5)c1)[c-][n+]4-c1c(cc(-c4c(C([2H])([2H])[2H])cccc4C([2H])([2H])[2H])cc1-c1c(C([2H])([2H])[2H])cccc1C([2H])([2H])[2H])-c1ccccc1-c1ccccc1-3)C(C([2H])([2H])[2H])(C([2H])([2H])[2H])C([2H])([2H])C([2H])([2H])C2(C([2H])([2H])[2H])C([2H])([2H])[2H]. The monoisotopic (exact) mass is 1160 g/mol. The minimum Gasteiger partial charge on any atom is -0.458 e. The molecule has 13 aromatic rings. The van der Waals surface area contributed by atoms with Crippen molar-refractivity contribution in [3.63, 3.8) is 0 Å². The first-order chi connectivity index (χ1) is 54.5. The van der Waals surface area contributed by atoms with Crippen molar-refractivity contribution < 1.29 is 51.8 Å². The lowest BCUT2D eigenvalue weighted by Gasteiger charge is -2.42. The van der Waals surface area contributed by atoms with E-state index in [1.165, 1.54) is 69.8 Å². The van der Waals surface area contributed by atoms with Gasteiger partial charge in [0.25, 0.3) is 6.33 Å². The van der Waals surface area contributed by atoms with E-state index < -0.39 is 147 Å². The van der Waals surface area contributed by atoms with Crippen LogP contribution in [0.3, 0.4) is 0 Å². The zero-order valence-electron chi connectivity index (χ0n) is 78.2. The standard InChI is InChI=1S/C82H72N4O/c1-50-21-18-22-51(2)76(50)56-42-67-63-29-14-12-27-61(63)62-28-13-15-30-64(62)68-41-55(54-33-36-70-71(44-54)82(10,11)39-38-81(70,8)9)45-74-79(68)85(78(67)69(43-56)77-52(3)23-19-24-53(77)4)49-84(74)58-25-20-26-59(47-58)87-60-34-35-66-65-31-16-17-32-72(65)86(73(66)48-60)75-46-57(37-40-83-75)80(5,6)7/h12-37,40-48H,38-39H2,1-11H3/i1D3,2D3,3D3,4D3,8D3,9D3,10D3,11D3,33D,36D,38D2,39D2,44D. The average Bonchev–Trinajstić information content (AvgIpc) is 0.757. The molecule has 10 aromatic carbocycles. The van der Waals surface area contributed by atoms with Crippen molar-refractivity contribution >= 4 is 32.8 Å². The fourth-order valence-electron chi connectivity index (χ4n) is 12.5. The van der Waals surface area contributed by atoms with Crippen molar-refractivity contribution in [1.82, 2.24) is 14.1 Å². The highest BCUT2D eigenvalue weighted by Gasteiger charge is 2.38. The fourth-order valence-corrected chi connectivity index (χ4v) is 12.5. The molecule has 0 saturated carbocycles. The molecule has 5 heteroatoms. The Kier molecular flexibility index (Phi) is 6.94. The van der Waals surface area contributed by atoms with E-state index in [9.17, 15) is 26.0 Å². The van der Waals surface area contributed by atoms with Gasteiger partial charge in [-0.1, -0.05) is 182 Å². The number of hydrogen-bond acceptors (Lipinski definition) is 2. The van der Waals surface area contributed by atoms with Gasteiger partial charge in [-0.2, -0.15) is 0 Å². The van der Waals surface area contributed by atoms with E-state index >= 15 is 0 Å². The summed E-state index contributed by atoms with van der Waals surface area (Å²) in [6, 6.07) is 45.3. The summed E-state index contributed by atoms with van der Waals surface area (Å²) in [7, 11) is 0. The summed E-state index contributed by atoms with van der Waals surface area (Å²) in [5.74, 6) is 1.07. The molecule has 0 atom stereocenters. The zero-order chi connectivity index (χ0) is 86.0. The number of rotatable bonds is 7. The third kappa shape index (κ3) is 8.87. The van der Waals surface area contributed by atoms with Crippen LogP contribution < -0.4 is 9.30 Å². The number of imidazole rings is 1. The number of pyridine rings is 1. The molecule has 0 radical (unpaired) electrons. The Hall–Kier alpha value is -9.58. The van der Waals surface area contributed by atoms with Crippen LogP contribution in [0.2, 0.25) is 0 Å². The highest BCUT2D eigenvalue weighted by molar-refractivity contribution is 6.10. The summed E-state index contributed by atoms with van der Waals surface area (Å²) in [6.45, 7) is -23.8. The Morgan fingerprint density at radius 2 is 1.14 bits per heavy atom. The summed E-state index contributed by atoms with van der Waals surface area (Å²) in [5.41, 5.74) is -13.6. The van der Waals surface area contributed by atoms with E-state index in [4.69, 9.17) is 26.2 Å². The molecule has 0 spiro atoms. The molecule has 0 bridgehead atoms. The van der Waals surface area contributed by atoms with Crippen molar-refractivity contribution in [1.29, 1.82) is 0 Å². The summed E-state index contributed by atoms with van der Waals surface area (Å²) in [4.78, 5) is 4.84. The van der Waals surface area contributed by atoms with Crippen LogP contribution in [0.5, 0.6) is 11.5 Å². The molecule has 3 aromatic heterocycles. The first-order valence-electron chi connectivity index (χ1n) is 43.7. The van der Waals surface area contributed by atoms with Crippen molar-refractivity contribution in [2.24, 2.45) is 0 Å². The fraction of sp³-hybridized carbons (Fsp3) is 0.195. The summed E-state index contributed by atoms with van der Waals surface area (Å²) >= 11 is 0. The maximum Gasteiger partial charge on any atom is 0.269 e. The lowest BCUT2D eigenvalue weighted by atomic mass is 9.63. The molecular weight excluding hydrogens is 1060 g/mol. The average molecular weight is 1160 g/mol. The highest BCUT2D eigenvalue weighted by atomic mass is 16.5. The van der Waals surface area contributed by atoms with Gasteiger partial charge in [0.2, 0.25) is 0 Å². The van der Waals surface area contributed by atoms with Crippen LogP contribution in [0.4, 0.5) is 0 Å². The van der Waals surface area contributed by atoms with Crippen molar-refractivity contribution in [2.75, 3.05) is 0 Å². The Bertz CT molecular complexity index is 6240. The molecule has 0 amide bonds. The van der Waals surface area contributed by atoms with Crippen LogP contribution in [-0.4, -0.2) is 14.1 Å². The molecule has 426 valence electrons. The molecule has 1 aliphatic heterocycles. The van der Waals surface area contributed by atoms with Gasteiger partial charge in [-0.05, 0) is 229 Å². The van der Waals surface area contributed by atoms with Crippen LogP contribution in [0.1, 0.15) is 142 Å². The quantitative estimate of drug-likeness (QED) is 0.118. The molecule has 15 rings (SSSR count). The van der Waals surface area contributed by atoms with Crippen LogP contribution in [0, 0.1) is 33.7 Å². The maximum atomic E-state index is 10.5. The molecule has 0 saturated heterocycles. The van der Waals surface area contributed by atoms with Crippen molar-refractivity contribution in [3.8, 4) is 95.5 Å². The molecule has 5 nitrogen and oxygen atoms in total. The lowest BCUT2D eigenvalue weighted by molar-refractivity contribution is -0.570. The lowest BCUT2D eigenvalue weighted by Crippen LogP contribution is -2.33. The number of hydrogen-bond donors (Lipinski definition) is 0. The van der Waals surface area contributed by atoms with Gasteiger partial charge in [-0.3, -0.25) is 13.7 Å². The number of nitrogens with zero attached hydrogens (tertiary/aromatic N) is 4. The van der Waals surface area contributed by atoms with Gasteiger partial charge in [0.05, 0.1) is 37.6 Å². The van der Waals surface area contributed by atoms with Gasteiger partial charge in [-0.25, -0.2) is 4.98 Å². The number of aromatic nitrogens is 4. The van der Waals surface area contributed by atoms with E-state index in [2.05, 4.69) is 27.1 Å². The van der Waals surface area contributed by atoms with Crippen molar-refractivity contribution in [2.45, 2.75) is 105 Å². The van der Waals surface area contributed by atoms with Gasteiger partial charge in [-0.15, -0.1) is 0 Å². The first kappa shape index (κ1) is 30.2. The second-order valence-corrected chi connectivity index (χ2v) is 23.2. The number of ether oxygens (including phenoxy) is 1. The molecule has 0 fully saturated rings. The molecule has 0 N–H and O–H groups in total. The topological polar surface area (TPSA) is 35.9 Å². The van der Waals surface area contributed by atoms with E-state index in [0.717, 1.165) is 21.9 Å². The Morgan fingerprint density at radius 3 is 1.84 bits per heavy atom. The molecule has 2 aliphatic rings. The third-order valence-electron chi connectivity index (χ3n) is 16.6. The summed E-state index contributed by atoms with van der Waals surface area (Å²) in [6.07, 6.45) is -4.10. The maximum absolute atomic E-state index is 10.5. The minimum absolute atomic E-state index is 0.000981. The molecule has 0 unspecified atom stereocenters. The van der Waals surface area contributed by atoms with Gasteiger partial charge in [0.15, 0.2) is 0 Å². The smallest absolute Gasteiger partial charge is 0.269 e. The molecular formula is C82H72N4O. The molecule has 87 heavy (non-hydrogen) atoms. The highest BCUT2D eigenvalue weighted by Crippen LogP contribution is 2.51. The molecule has 1 aliphatic carbocycles. The molecule has 4 heterocycles. The zero-order valence-corrected chi connectivity index (χ0v) is 47.2. The van der Waals surface area contributed by atoms with Crippen molar-refractivity contribution in [3.05, 3.63) is 258 Å². The number of aryl methyl sites for hydroxylation is 4. The summed E-state index contributed by atoms with van der Waals surface area (Å²) in [5, 5.41) is 1.75. The normalized spacial score (nSPS) is 21.6. The van der Waals surface area contributed by atoms with Gasteiger partial charge >= 0.3 is 0 Å². The Labute approximate surface area is 555 Å². The van der Waals surface area contributed by atoms with Gasteiger partial charge < -0.3 is 4.74 Å². The van der Waals surface area contributed by atoms with Gasteiger partial charge in [0.1, 0.15) is 17.3 Å². The summed E-state index contributed by atoms with van der Waals surface area (Å²) < 4.78 is 300. The van der Waals surface area contributed by atoms with Crippen LogP contribution >= 0.6 is 0 Å². The third-order valence-corrected chi connectivity index (χ3v) is 16.6. The Morgan fingerprint density at radius 1 is 0.529 bits per heavy atom. The number of para-hydroxylation sites is 1. The van der Waals surface area contributed by atoms with E-state index in [0.29, 0.717) is 28.2 Å². The van der Waals surface area contributed by atoms with Crippen LogP contribution in [0.15, 0.2) is 212 Å². The predicted octanol–water partition coefficient (Wildman–Crippen LogP) is 21.2. The van der Waals surface area contributed by atoms with Crippen LogP contribution in [-0.2, 0) is 16.2 Å². The van der Waals surface area contributed by atoms with E-state index in [-0.39, 0.29) is 72.5 Å². The predicted molar refractivity (Wildman–Crippen MR) is 361 cm³/mol. The first-order valence-corrected chi connectivity index (χ1v) is 28.2.